The number of amides is 1. The monoisotopic (exact) mass is 481 g/mol. The van der Waals surface area contributed by atoms with E-state index in [1.165, 1.54) is 0 Å². The molecule has 1 aliphatic rings. The van der Waals surface area contributed by atoms with Gasteiger partial charge in [-0.25, -0.2) is 18.4 Å². The molecule has 0 spiro atoms. The van der Waals surface area contributed by atoms with Gasteiger partial charge in [-0.15, -0.1) is 0 Å². The van der Waals surface area contributed by atoms with Crippen molar-refractivity contribution in [3.05, 3.63) is 53.6 Å². The zero-order valence-electron chi connectivity index (χ0n) is 16.2. The van der Waals surface area contributed by atoms with Gasteiger partial charge in [0.25, 0.3) is 5.91 Å². The highest BCUT2D eigenvalue weighted by Crippen LogP contribution is 2.34. The molecular weight excluding hydrogens is 464 g/mol. The van der Waals surface area contributed by atoms with Crippen LogP contribution in [0.25, 0.3) is 0 Å². The molecule has 1 N–H and O–H groups in total. The molecule has 1 heterocycles. The number of carbonyl (C=O) groups is 1. The molecule has 174 valence electrons. The van der Waals surface area contributed by atoms with Gasteiger partial charge in [-0.3, -0.25) is 4.79 Å². The highest BCUT2D eigenvalue weighted by molar-refractivity contribution is 7.92. The minimum absolute atomic E-state index is 0.104. The fourth-order valence-electron chi connectivity index (χ4n) is 3.42. The predicted octanol–water partition coefficient (Wildman–Crippen LogP) is 4.03. The Morgan fingerprint density at radius 2 is 1.53 bits per heavy atom. The third-order valence-electron chi connectivity index (χ3n) is 5.11. The third kappa shape index (κ3) is 5.37. The molecule has 0 saturated heterocycles. The van der Waals surface area contributed by atoms with Gasteiger partial charge in [-0.2, -0.15) is 26.3 Å². The number of hydrogen-bond acceptors (Lipinski definition) is 5. The lowest BCUT2D eigenvalue weighted by Crippen LogP contribution is -2.40. The number of hydrogen-bond donors (Lipinski definition) is 1. The Labute approximate surface area is 179 Å². The molecule has 3 rings (SSSR count). The Kier molecular flexibility index (Phi) is 6.50. The summed E-state index contributed by atoms with van der Waals surface area (Å²) in [5, 5.41) is 1.68. The molecule has 0 unspecified atom stereocenters. The second-order valence-electron chi connectivity index (χ2n) is 7.31. The SMILES string of the molecule is O=C(N[C@H]1CC[C@H](S(=O)(=O)c2cccc(C(F)(F)F)c2)CC1)c1cnc(C(F)(F)F)nc1. The number of aromatic nitrogens is 2. The summed E-state index contributed by atoms with van der Waals surface area (Å²) in [4.78, 5) is 18.0. The van der Waals surface area contributed by atoms with E-state index in [1.807, 2.05) is 0 Å². The number of nitrogens with zero attached hydrogens (tertiary/aromatic N) is 2. The summed E-state index contributed by atoms with van der Waals surface area (Å²) in [5.41, 5.74) is -1.24. The lowest BCUT2D eigenvalue weighted by Gasteiger charge is -2.29. The van der Waals surface area contributed by atoms with Crippen molar-refractivity contribution >= 4 is 15.7 Å². The first-order chi connectivity index (χ1) is 14.8. The number of halogens is 6. The average Bonchev–Trinajstić information content (AvgIpc) is 2.73. The van der Waals surface area contributed by atoms with Crippen molar-refractivity contribution in [2.75, 3.05) is 0 Å². The molecule has 32 heavy (non-hydrogen) atoms. The zero-order chi connectivity index (χ0) is 23.7. The quantitative estimate of drug-likeness (QED) is 0.667. The Bertz CT molecular complexity index is 1080. The van der Waals surface area contributed by atoms with E-state index in [-0.39, 0.29) is 31.2 Å². The highest BCUT2D eigenvalue weighted by Gasteiger charge is 2.36. The van der Waals surface area contributed by atoms with Crippen LogP contribution < -0.4 is 5.32 Å². The summed E-state index contributed by atoms with van der Waals surface area (Å²) < 4.78 is 102. The zero-order valence-corrected chi connectivity index (χ0v) is 17.1. The third-order valence-corrected chi connectivity index (χ3v) is 7.37. The predicted molar refractivity (Wildman–Crippen MR) is 99.2 cm³/mol. The van der Waals surface area contributed by atoms with Crippen LogP contribution >= 0.6 is 0 Å². The minimum Gasteiger partial charge on any atom is -0.349 e. The lowest BCUT2D eigenvalue weighted by molar-refractivity contribution is -0.145. The molecular formula is C19H17F6N3O3S. The van der Waals surface area contributed by atoms with Crippen LogP contribution in [-0.2, 0) is 22.2 Å². The molecule has 1 amide bonds. The van der Waals surface area contributed by atoms with Crippen LogP contribution in [0.5, 0.6) is 0 Å². The van der Waals surface area contributed by atoms with Crippen LogP contribution in [0.1, 0.15) is 47.4 Å². The molecule has 1 saturated carbocycles. The molecule has 1 aromatic carbocycles. The maximum Gasteiger partial charge on any atom is 0.451 e. The van der Waals surface area contributed by atoms with Crippen molar-refractivity contribution in [3.63, 3.8) is 0 Å². The van der Waals surface area contributed by atoms with Crippen molar-refractivity contribution in [3.8, 4) is 0 Å². The van der Waals surface area contributed by atoms with E-state index in [0.717, 1.165) is 30.6 Å². The fourth-order valence-corrected chi connectivity index (χ4v) is 5.26. The number of alkyl halides is 6. The number of rotatable bonds is 4. The first-order valence-electron chi connectivity index (χ1n) is 9.40. The van der Waals surface area contributed by atoms with Crippen LogP contribution in [-0.4, -0.2) is 35.6 Å². The summed E-state index contributed by atoms with van der Waals surface area (Å²) in [6.45, 7) is 0. The number of sulfone groups is 1. The molecule has 0 bridgehead atoms. The van der Waals surface area contributed by atoms with Crippen LogP contribution in [0.15, 0.2) is 41.6 Å². The van der Waals surface area contributed by atoms with Gasteiger partial charge in [0.05, 0.1) is 21.3 Å². The maximum absolute atomic E-state index is 12.9. The smallest absolute Gasteiger partial charge is 0.349 e. The van der Waals surface area contributed by atoms with Crippen LogP contribution in [0.3, 0.4) is 0 Å². The van der Waals surface area contributed by atoms with Gasteiger partial charge in [0.1, 0.15) is 0 Å². The molecule has 6 nitrogen and oxygen atoms in total. The molecule has 1 aliphatic carbocycles. The molecule has 2 aromatic rings. The second-order valence-corrected chi connectivity index (χ2v) is 9.54. The van der Waals surface area contributed by atoms with Crippen LogP contribution in [0.4, 0.5) is 26.3 Å². The number of carbonyl (C=O) groups excluding carboxylic acids is 1. The van der Waals surface area contributed by atoms with E-state index in [4.69, 9.17) is 0 Å². The standard InChI is InChI=1S/C19H17F6N3O3S/c20-18(21,22)12-2-1-3-15(8-12)32(30,31)14-6-4-13(5-7-14)28-16(29)11-9-26-17(27-10-11)19(23,24)25/h1-3,8-10,13-14H,4-7H2,(H,28,29)/t13-,14-. The van der Waals surface area contributed by atoms with Crippen LogP contribution in [0, 0.1) is 0 Å². The van der Waals surface area contributed by atoms with Gasteiger partial charge in [0, 0.05) is 18.4 Å². The van der Waals surface area contributed by atoms with Crippen molar-refractivity contribution in [2.24, 2.45) is 0 Å². The van der Waals surface area contributed by atoms with Crippen molar-refractivity contribution in [1.29, 1.82) is 0 Å². The molecule has 1 fully saturated rings. The van der Waals surface area contributed by atoms with Crippen molar-refractivity contribution < 1.29 is 39.6 Å². The molecule has 13 heteroatoms. The maximum atomic E-state index is 12.9. The molecule has 0 aliphatic heterocycles. The van der Waals surface area contributed by atoms with Gasteiger partial charge in [0.2, 0.25) is 5.82 Å². The lowest BCUT2D eigenvalue weighted by atomic mass is 9.95. The molecule has 0 radical (unpaired) electrons. The number of benzene rings is 1. The van der Waals surface area contributed by atoms with Gasteiger partial charge in [-0.05, 0) is 43.9 Å². The van der Waals surface area contributed by atoms with Gasteiger partial charge < -0.3 is 5.32 Å². The van der Waals surface area contributed by atoms with E-state index in [0.29, 0.717) is 6.07 Å². The fraction of sp³-hybridized carbons (Fsp3) is 0.421. The van der Waals surface area contributed by atoms with E-state index < -0.39 is 55.7 Å². The van der Waals surface area contributed by atoms with Gasteiger partial charge in [-0.1, -0.05) is 6.07 Å². The normalized spacial score (nSPS) is 20.1. The van der Waals surface area contributed by atoms with E-state index in [9.17, 15) is 39.6 Å². The first-order valence-corrected chi connectivity index (χ1v) is 10.9. The summed E-state index contributed by atoms with van der Waals surface area (Å²) in [7, 11) is -4.01. The summed E-state index contributed by atoms with van der Waals surface area (Å²) in [6.07, 6.45) is -7.25. The topological polar surface area (TPSA) is 89.0 Å². The minimum atomic E-state index is -4.74. The van der Waals surface area contributed by atoms with E-state index in [1.54, 1.807) is 0 Å². The molecule has 0 atom stereocenters. The van der Waals surface area contributed by atoms with Gasteiger partial charge >= 0.3 is 12.4 Å². The largest absolute Gasteiger partial charge is 0.451 e. The Hall–Kier alpha value is -2.70. The average molecular weight is 481 g/mol. The molecule has 1 aromatic heterocycles. The second kappa shape index (κ2) is 8.68. The Morgan fingerprint density at radius 3 is 2.06 bits per heavy atom. The summed E-state index contributed by atoms with van der Waals surface area (Å²) >= 11 is 0. The first kappa shape index (κ1) is 24.0. The highest BCUT2D eigenvalue weighted by atomic mass is 32.2. The summed E-state index contributed by atoms with van der Waals surface area (Å²) in [6, 6.07) is 3.10. The number of nitrogens with one attached hydrogen (secondary N) is 1. The Balaban J connectivity index is 1.62. The Morgan fingerprint density at radius 1 is 0.938 bits per heavy atom. The summed E-state index contributed by atoms with van der Waals surface area (Å²) in [5.74, 6) is -2.09. The van der Waals surface area contributed by atoms with Gasteiger partial charge in [0.15, 0.2) is 9.84 Å². The van der Waals surface area contributed by atoms with Crippen molar-refractivity contribution in [2.45, 2.75) is 54.2 Å². The van der Waals surface area contributed by atoms with E-state index >= 15 is 0 Å². The van der Waals surface area contributed by atoms with E-state index in [2.05, 4.69) is 15.3 Å². The van der Waals surface area contributed by atoms with Crippen molar-refractivity contribution in [1.82, 2.24) is 15.3 Å². The van der Waals surface area contributed by atoms with Crippen LogP contribution in [0.2, 0.25) is 0 Å².